The molecule has 0 N–H and O–H groups in total. The van der Waals surface area contributed by atoms with Crippen molar-refractivity contribution in [1.29, 1.82) is 5.26 Å². The molecule has 5 heteroatoms. The molecular weight excluding hydrogens is 280 g/mol. The van der Waals surface area contributed by atoms with Crippen molar-refractivity contribution in [1.82, 2.24) is 0 Å². The summed E-state index contributed by atoms with van der Waals surface area (Å²) in [7, 11) is 2.86. The summed E-state index contributed by atoms with van der Waals surface area (Å²) in [4.78, 5) is 25.7. The van der Waals surface area contributed by atoms with Crippen LogP contribution in [0.2, 0.25) is 0 Å². The number of carbonyl (C=O) groups is 2. The molecule has 0 heterocycles. The van der Waals surface area contributed by atoms with E-state index in [9.17, 15) is 9.59 Å². The van der Waals surface area contributed by atoms with Gasteiger partial charge in [0.25, 0.3) is 5.91 Å². The third kappa shape index (κ3) is 2.96. The van der Waals surface area contributed by atoms with Crippen LogP contribution in [0.4, 0.5) is 5.69 Å². The SMILES string of the molecule is COC(=O)c1ccccc1N(C)C(=O)c1cccc(C#N)c1. The Labute approximate surface area is 128 Å². The molecule has 0 aliphatic heterocycles. The van der Waals surface area contributed by atoms with Crippen molar-refractivity contribution in [2.24, 2.45) is 0 Å². The average molecular weight is 294 g/mol. The molecule has 0 saturated carbocycles. The third-order valence-electron chi connectivity index (χ3n) is 3.21. The molecule has 0 fully saturated rings. The Kier molecular flexibility index (Phi) is 4.54. The zero-order valence-electron chi connectivity index (χ0n) is 12.2. The monoisotopic (exact) mass is 294 g/mol. The maximum Gasteiger partial charge on any atom is 0.339 e. The molecule has 0 radical (unpaired) electrons. The number of rotatable bonds is 3. The smallest absolute Gasteiger partial charge is 0.339 e. The van der Waals surface area contributed by atoms with Gasteiger partial charge in [-0.05, 0) is 30.3 Å². The van der Waals surface area contributed by atoms with Crippen LogP contribution in [0, 0.1) is 11.3 Å². The first-order valence-corrected chi connectivity index (χ1v) is 6.54. The molecule has 0 saturated heterocycles. The van der Waals surface area contributed by atoms with Gasteiger partial charge in [-0.2, -0.15) is 5.26 Å². The third-order valence-corrected chi connectivity index (χ3v) is 3.21. The summed E-state index contributed by atoms with van der Waals surface area (Å²) in [5.41, 5.74) is 1.53. The van der Waals surface area contributed by atoms with Gasteiger partial charge in [-0.25, -0.2) is 4.79 Å². The number of hydrogen-bond acceptors (Lipinski definition) is 4. The lowest BCUT2D eigenvalue weighted by atomic mass is 10.1. The van der Waals surface area contributed by atoms with E-state index >= 15 is 0 Å². The molecule has 0 aliphatic rings. The number of esters is 1. The van der Waals surface area contributed by atoms with Crippen LogP contribution in [0.25, 0.3) is 0 Å². The molecule has 110 valence electrons. The molecule has 0 unspecified atom stereocenters. The van der Waals surface area contributed by atoms with Gasteiger partial charge in [0.1, 0.15) is 0 Å². The summed E-state index contributed by atoms with van der Waals surface area (Å²) in [6.45, 7) is 0. The maximum absolute atomic E-state index is 12.5. The number of benzene rings is 2. The quantitative estimate of drug-likeness (QED) is 0.816. The minimum atomic E-state index is -0.513. The maximum atomic E-state index is 12.5. The van der Waals surface area contributed by atoms with Gasteiger partial charge in [0, 0.05) is 12.6 Å². The Balaban J connectivity index is 2.39. The van der Waals surface area contributed by atoms with E-state index in [1.165, 1.54) is 18.1 Å². The first-order chi connectivity index (χ1) is 10.6. The summed E-state index contributed by atoms with van der Waals surface area (Å²) in [5, 5.41) is 8.91. The van der Waals surface area contributed by atoms with E-state index in [2.05, 4.69) is 0 Å². The van der Waals surface area contributed by atoms with E-state index in [0.717, 1.165) is 0 Å². The molecule has 2 rings (SSSR count). The number of nitrogens with zero attached hydrogens (tertiary/aromatic N) is 2. The molecule has 2 aromatic carbocycles. The molecule has 0 bridgehead atoms. The van der Waals surface area contributed by atoms with Gasteiger partial charge in [0.05, 0.1) is 30.0 Å². The predicted molar refractivity (Wildman–Crippen MR) is 81.7 cm³/mol. The van der Waals surface area contributed by atoms with E-state index in [1.54, 1.807) is 49.5 Å². The number of ether oxygens (including phenoxy) is 1. The highest BCUT2D eigenvalue weighted by molar-refractivity contribution is 6.09. The first-order valence-electron chi connectivity index (χ1n) is 6.54. The predicted octanol–water partition coefficient (Wildman–Crippen LogP) is 2.62. The Hall–Kier alpha value is -3.13. The fourth-order valence-electron chi connectivity index (χ4n) is 2.07. The van der Waals surface area contributed by atoms with Gasteiger partial charge in [0.15, 0.2) is 0 Å². The number of para-hydroxylation sites is 1. The molecule has 0 spiro atoms. The molecule has 0 aromatic heterocycles. The lowest BCUT2D eigenvalue weighted by molar-refractivity contribution is 0.0601. The van der Waals surface area contributed by atoms with E-state index in [0.29, 0.717) is 22.4 Å². The summed E-state index contributed by atoms with van der Waals surface area (Å²) < 4.78 is 4.73. The molecule has 5 nitrogen and oxygen atoms in total. The number of amides is 1. The van der Waals surface area contributed by atoms with Crippen molar-refractivity contribution in [3.63, 3.8) is 0 Å². The fraction of sp³-hybridized carbons (Fsp3) is 0.118. The van der Waals surface area contributed by atoms with Crippen LogP contribution in [-0.2, 0) is 4.74 Å². The van der Waals surface area contributed by atoms with Crippen LogP contribution >= 0.6 is 0 Å². The Morgan fingerprint density at radius 1 is 1.14 bits per heavy atom. The van der Waals surface area contributed by atoms with Crippen LogP contribution < -0.4 is 4.90 Å². The standard InChI is InChI=1S/C17H14N2O3/c1-19(15-9-4-3-8-14(15)17(21)22-2)16(20)13-7-5-6-12(10-13)11-18/h3-10H,1-2H3. The summed E-state index contributed by atoms with van der Waals surface area (Å²) in [5.74, 6) is -0.825. The highest BCUT2D eigenvalue weighted by atomic mass is 16.5. The summed E-state index contributed by atoms with van der Waals surface area (Å²) in [6.07, 6.45) is 0. The molecular formula is C17H14N2O3. The molecule has 0 atom stereocenters. The van der Waals surface area contributed by atoms with Crippen LogP contribution in [0.3, 0.4) is 0 Å². The van der Waals surface area contributed by atoms with Crippen molar-refractivity contribution in [3.8, 4) is 6.07 Å². The van der Waals surface area contributed by atoms with Crippen LogP contribution in [-0.4, -0.2) is 26.0 Å². The van der Waals surface area contributed by atoms with E-state index in [4.69, 9.17) is 10.00 Å². The van der Waals surface area contributed by atoms with Crippen molar-refractivity contribution in [2.45, 2.75) is 0 Å². The van der Waals surface area contributed by atoms with Gasteiger partial charge >= 0.3 is 5.97 Å². The zero-order valence-corrected chi connectivity index (χ0v) is 12.2. The highest BCUT2D eigenvalue weighted by Crippen LogP contribution is 2.22. The van der Waals surface area contributed by atoms with E-state index in [1.807, 2.05) is 6.07 Å². The van der Waals surface area contributed by atoms with E-state index < -0.39 is 5.97 Å². The lowest BCUT2D eigenvalue weighted by Gasteiger charge is -2.20. The highest BCUT2D eigenvalue weighted by Gasteiger charge is 2.20. The Bertz CT molecular complexity index is 762. The van der Waals surface area contributed by atoms with Gasteiger partial charge in [-0.15, -0.1) is 0 Å². The second-order valence-electron chi connectivity index (χ2n) is 4.57. The summed E-state index contributed by atoms with van der Waals surface area (Å²) in [6, 6.07) is 15.1. The largest absolute Gasteiger partial charge is 0.465 e. The van der Waals surface area contributed by atoms with Crippen molar-refractivity contribution < 1.29 is 14.3 Å². The van der Waals surface area contributed by atoms with Crippen molar-refractivity contribution >= 4 is 17.6 Å². The number of methoxy groups -OCH3 is 1. The van der Waals surface area contributed by atoms with Crippen molar-refractivity contribution in [3.05, 3.63) is 65.2 Å². The number of nitriles is 1. The Morgan fingerprint density at radius 3 is 2.55 bits per heavy atom. The minimum absolute atomic E-state index is 0.303. The fourth-order valence-corrected chi connectivity index (χ4v) is 2.07. The second kappa shape index (κ2) is 6.55. The van der Waals surface area contributed by atoms with Crippen LogP contribution in [0.15, 0.2) is 48.5 Å². The van der Waals surface area contributed by atoms with Gasteiger partial charge in [-0.1, -0.05) is 18.2 Å². The van der Waals surface area contributed by atoms with Gasteiger partial charge in [0.2, 0.25) is 0 Å². The molecule has 2 aromatic rings. The minimum Gasteiger partial charge on any atom is -0.465 e. The second-order valence-corrected chi connectivity index (χ2v) is 4.57. The van der Waals surface area contributed by atoms with Crippen molar-refractivity contribution in [2.75, 3.05) is 19.1 Å². The van der Waals surface area contributed by atoms with E-state index in [-0.39, 0.29) is 5.91 Å². The molecule has 1 amide bonds. The normalized spacial score (nSPS) is 9.68. The molecule has 0 aliphatic carbocycles. The number of anilines is 1. The summed E-state index contributed by atoms with van der Waals surface area (Å²) >= 11 is 0. The van der Waals surface area contributed by atoms with Crippen LogP contribution in [0.5, 0.6) is 0 Å². The number of hydrogen-bond donors (Lipinski definition) is 0. The zero-order chi connectivity index (χ0) is 16.1. The molecule has 22 heavy (non-hydrogen) atoms. The van der Waals surface area contributed by atoms with Gasteiger partial charge in [-0.3, -0.25) is 4.79 Å². The first kappa shape index (κ1) is 15.3. The topological polar surface area (TPSA) is 70.4 Å². The average Bonchev–Trinajstić information content (AvgIpc) is 2.59. The number of carbonyl (C=O) groups excluding carboxylic acids is 2. The van der Waals surface area contributed by atoms with Gasteiger partial charge < -0.3 is 9.64 Å². The van der Waals surface area contributed by atoms with Crippen LogP contribution in [0.1, 0.15) is 26.3 Å². The Morgan fingerprint density at radius 2 is 1.86 bits per heavy atom. The lowest BCUT2D eigenvalue weighted by Crippen LogP contribution is -2.28.